The predicted molar refractivity (Wildman–Crippen MR) is 126 cm³/mol. The number of anilines is 1. The van der Waals surface area contributed by atoms with Crippen LogP contribution in [0.15, 0.2) is 83.8 Å². The Kier molecular flexibility index (Phi) is 8.04. The molecule has 0 spiro atoms. The van der Waals surface area contributed by atoms with Crippen molar-refractivity contribution in [2.45, 2.75) is 4.90 Å². The number of hydrogen-bond donors (Lipinski definition) is 1. The van der Waals surface area contributed by atoms with Crippen molar-refractivity contribution in [3.63, 3.8) is 0 Å². The Balaban J connectivity index is 1.74. The number of nitro groups is 1. The van der Waals surface area contributed by atoms with Crippen LogP contribution in [0.1, 0.15) is 0 Å². The number of para-hydroxylation sites is 2. The second kappa shape index (κ2) is 11.1. The average molecular weight is 486 g/mol. The molecule has 0 saturated heterocycles. The zero-order valence-electron chi connectivity index (χ0n) is 18.3. The van der Waals surface area contributed by atoms with Crippen LogP contribution in [-0.4, -0.2) is 46.1 Å². The number of carbonyl (C=O) groups excluding carboxylic acids is 1. The highest BCUT2D eigenvalue weighted by molar-refractivity contribution is 7.92. The maximum absolute atomic E-state index is 13.3. The molecule has 1 amide bonds. The monoisotopic (exact) mass is 485 g/mol. The molecule has 0 aromatic heterocycles. The first kappa shape index (κ1) is 24.5. The molecule has 0 heterocycles. The topological polar surface area (TPSA) is 128 Å². The highest BCUT2D eigenvalue weighted by Crippen LogP contribution is 2.27. The number of hydrogen-bond acceptors (Lipinski definition) is 7. The maximum Gasteiger partial charge on any atom is 0.271 e. The van der Waals surface area contributed by atoms with Gasteiger partial charge in [-0.05, 0) is 30.3 Å². The molecule has 0 unspecified atom stereocenters. The molecular formula is C23H23N3O7S. The van der Waals surface area contributed by atoms with Crippen molar-refractivity contribution in [3.8, 4) is 11.5 Å². The number of benzene rings is 3. The lowest BCUT2D eigenvalue weighted by atomic mass is 10.3. The minimum absolute atomic E-state index is 0.00141. The first-order valence-corrected chi connectivity index (χ1v) is 11.6. The van der Waals surface area contributed by atoms with Gasteiger partial charge in [0, 0.05) is 12.1 Å². The summed E-state index contributed by atoms with van der Waals surface area (Å²) in [5.74, 6) is 0.443. The SMILES string of the molecule is COc1ccccc1OCCNC(=O)CN(c1cccc([N+](=O)[O-])c1)S(=O)(=O)c1ccccc1. The molecule has 11 heteroatoms. The van der Waals surface area contributed by atoms with Gasteiger partial charge in [-0.1, -0.05) is 36.4 Å². The number of nitrogens with zero attached hydrogens (tertiary/aromatic N) is 2. The number of amides is 1. The summed E-state index contributed by atoms with van der Waals surface area (Å²) in [6, 6.07) is 19.7. The lowest BCUT2D eigenvalue weighted by molar-refractivity contribution is -0.384. The fraction of sp³-hybridized carbons (Fsp3) is 0.174. The van der Waals surface area contributed by atoms with E-state index in [0.29, 0.717) is 11.5 Å². The molecule has 0 aliphatic heterocycles. The number of sulfonamides is 1. The summed E-state index contributed by atoms with van der Waals surface area (Å²) in [7, 11) is -2.66. The van der Waals surface area contributed by atoms with Crippen LogP contribution >= 0.6 is 0 Å². The summed E-state index contributed by atoms with van der Waals surface area (Å²) in [5, 5.41) is 13.8. The van der Waals surface area contributed by atoms with Crippen LogP contribution in [-0.2, 0) is 14.8 Å². The van der Waals surface area contributed by atoms with E-state index < -0.39 is 27.4 Å². The number of rotatable bonds is 11. The molecule has 0 radical (unpaired) electrons. The zero-order valence-corrected chi connectivity index (χ0v) is 19.1. The van der Waals surface area contributed by atoms with Crippen molar-refractivity contribution in [1.29, 1.82) is 0 Å². The highest BCUT2D eigenvalue weighted by atomic mass is 32.2. The minimum Gasteiger partial charge on any atom is -0.493 e. The van der Waals surface area contributed by atoms with E-state index in [1.165, 1.54) is 37.4 Å². The molecular weight excluding hydrogens is 462 g/mol. The highest BCUT2D eigenvalue weighted by Gasteiger charge is 2.28. The van der Waals surface area contributed by atoms with E-state index in [0.717, 1.165) is 10.4 Å². The lowest BCUT2D eigenvalue weighted by Gasteiger charge is -2.24. The molecule has 3 rings (SSSR count). The Morgan fingerprint density at radius 3 is 2.35 bits per heavy atom. The van der Waals surface area contributed by atoms with E-state index in [1.807, 2.05) is 0 Å². The van der Waals surface area contributed by atoms with Crippen LogP contribution in [0, 0.1) is 10.1 Å². The number of non-ortho nitro benzene ring substituents is 1. The third-order valence-electron chi connectivity index (χ3n) is 4.70. The second-order valence-electron chi connectivity index (χ2n) is 6.95. The molecule has 0 aliphatic carbocycles. The van der Waals surface area contributed by atoms with Gasteiger partial charge in [0.05, 0.1) is 29.2 Å². The number of nitrogens with one attached hydrogen (secondary N) is 1. The average Bonchev–Trinajstić information content (AvgIpc) is 2.86. The number of ether oxygens (including phenoxy) is 2. The Labute approximate surface area is 196 Å². The van der Waals surface area contributed by atoms with Crippen molar-refractivity contribution in [2.75, 3.05) is 31.1 Å². The standard InChI is InChI=1S/C23H23N3O7S/c1-32-21-12-5-6-13-22(21)33-15-14-24-23(27)17-25(18-8-7-9-19(16-18)26(28)29)34(30,31)20-10-3-2-4-11-20/h2-13,16H,14-15,17H2,1H3,(H,24,27). The quantitative estimate of drug-likeness (QED) is 0.251. The van der Waals surface area contributed by atoms with Crippen molar-refractivity contribution >= 4 is 27.3 Å². The summed E-state index contributed by atoms with van der Waals surface area (Å²) in [6.07, 6.45) is 0. The van der Waals surface area contributed by atoms with Crippen LogP contribution in [0.2, 0.25) is 0 Å². The Morgan fingerprint density at radius 2 is 1.68 bits per heavy atom. The second-order valence-corrected chi connectivity index (χ2v) is 8.81. The molecule has 0 fully saturated rings. The molecule has 0 bridgehead atoms. The smallest absolute Gasteiger partial charge is 0.271 e. The Hall–Kier alpha value is -4.12. The third kappa shape index (κ3) is 6.01. The fourth-order valence-corrected chi connectivity index (χ4v) is 4.51. The van der Waals surface area contributed by atoms with Crippen LogP contribution < -0.4 is 19.1 Å². The van der Waals surface area contributed by atoms with Crippen LogP contribution in [0.4, 0.5) is 11.4 Å². The van der Waals surface area contributed by atoms with Gasteiger partial charge in [0.2, 0.25) is 5.91 Å². The first-order valence-electron chi connectivity index (χ1n) is 10.2. The largest absolute Gasteiger partial charge is 0.493 e. The van der Waals surface area contributed by atoms with Crippen LogP contribution in [0.25, 0.3) is 0 Å². The third-order valence-corrected chi connectivity index (χ3v) is 6.49. The normalized spacial score (nSPS) is 10.9. The minimum atomic E-state index is -4.17. The Bertz CT molecular complexity index is 1250. The maximum atomic E-state index is 13.3. The number of methoxy groups -OCH3 is 1. The van der Waals surface area contributed by atoms with Gasteiger partial charge in [-0.25, -0.2) is 8.42 Å². The summed E-state index contributed by atoms with van der Waals surface area (Å²) in [5.41, 5.74) is -0.296. The van der Waals surface area contributed by atoms with E-state index in [4.69, 9.17) is 9.47 Å². The summed E-state index contributed by atoms with van der Waals surface area (Å²) < 4.78 is 38.2. The van der Waals surface area contributed by atoms with Gasteiger partial charge in [-0.15, -0.1) is 0 Å². The predicted octanol–water partition coefficient (Wildman–Crippen LogP) is 2.99. The van der Waals surface area contributed by atoms with Crippen LogP contribution in [0.5, 0.6) is 11.5 Å². The summed E-state index contributed by atoms with van der Waals surface area (Å²) in [6.45, 7) is -0.355. The van der Waals surface area contributed by atoms with E-state index in [1.54, 1.807) is 42.5 Å². The van der Waals surface area contributed by atoms with Gasteiger partial charge < -0.3 is 14.8 Å². The van der Waals surface area contributed by atoms with Crippen molar-refractivity contribution in [3.05, 3.63) is 89.0 Å². The molecule has 0 atom stereocenters. The number of nitro benzene ring substituents is 1. The Morgan fingerprint density at radius 1 is 1.00 bits per heavy atom. The van der Waals surface area contributed by atoms with E-state index in [2.05, 4.69) is 5.32 Å². The molecule has 1 N–H and O–H groups in total. The van der Waals surface area contributed by atoms with Gasteiger partial charge in [0.15, 0.2) is 11.5 Å². The van der Waals surface area contributed by atoms with Crippen molar-refractivity contribution in [1.82, 2.24) is 5.32 Å². The summed E-state index contributed by atoms with van der Waals surface area (Å²) >= 11 is 0. The number of carbonyl (C=O) groups is 1. The molecule has 0 saturated carbocycles. The van der Waals surface area contributed by atoms with Gasteiger partial charge in [-0.3, -0.25) is 19.2 Å². The van der Waals surface area contributed by atoms with E-state index in [9.17, 15) is 23.3 Å². The van der Waals surface area contributed by atoms with Gasteiger partial charge >= 0.3 is 0 Å². The molecule has 34 heavy (non-hydrogen) atoms. The van der Waals surface area contributed by atoms with E-state index in [-0.39, 0.29) is 29.4 Å². The van der Waals surface area contributed by atoms with Gasteiger partial charge in [0.1, 0.15) is 13.2 Å². The molecule has 10 nitrogen and oxygen atoms in total. The first-order chi connectivity index (χ1) is 16.3. The molecule has 178 valence electrons. The fourth-order valence-electron chi connectivity index (χ4n) is 3.07. The summed E-state index contributed by atoms with van der Waals surface area (Å²) in [4.78, 5) is 23.1. The molecule has 3 aromatic carbocycles. The lowest BCUT2D eigenvalue weighted by Crippen LogP contribution is -2.42. The van der Waals surface area contributed by atoms with E-state index >= 15 is 0 Å². The van der Waals surface area contributed by atoms with Gasteiger partial charge in [0.25, 0.3) is 15.7 Å². The van der Waals surface area contributed by atoms with Crippen molar-refractivity contribution < 1.29 is 27.6 Å². The zero-order chi connectivity index (χ0) is 24.6. The molecule has 0 aliphatic rings. The van der Waals surface area contributed by atoms with Crippen molar-refractivity contribution in [2.24, 2.45) is 0 Å². The molecule has 3 aromatic rings. The van der Waals surface area contributed by atoms with Crippen LogP contribution in [0.3, 0.4) is 0 Å². The van der Waals surface area contributed by atoms with Gasteiger partial charge in [-0.2, -0.15) is 0 Å².